The largest absolute Gasteiger partial charge is 0.484 e. The van der Waals surface area contributed by atoms with Crippen LogP contribution < -0.4 is 15.4 Å². The van der Waals surface area contributed by atoms with Gasteiger partial charge in [0, 0.05) is 18.8 Å². The molecule has 0 saturated carbocycles. The number of carbonyl (C=O) groups is 2. The normalized spacial score (nSPS) is 16.5. The number of ether oxygens (including phenoxy) is 1. The predicted octanol–water partition coefficient (Wildman–Crippen LogP) is 2.80. The van der Waals surface area contributed by atoms with Gasteiger partial charge in [-0.2, -0.15) is 0 Å². The van der Waals surface area contributed by atoms with Gasteiger partial charge in [0.2, 0.25) is 5.91 Å². The molecule has 6 heteroatoms. The number of carbonyl (C=O) groups excluding carboxylic acids is 2. The number of likely N-dealkylation sites (N-methyl/N-ethyl adjacent to an activating group) is 1. The van der Waals surface area contributed by atoms with Gasteiger partial charge in [0.05, 0.1) is 6.04 Å². The molecule has 2 N–H and O–H groups in total. The maximum absolute atomic E-state index is 12.8. The maximum atomic E-state index is 12.8. The standard InChI is InChI=1S/C22H27N3O3/c1-2-23-21(26)16-28-19-12-10-18(11-13-19)24-22(27)20-9-6-14-25(20)15-17-7-4-3-5-8-17/h3-5,7-8,10-13,20H,2,6,9,14-16H2,1H3,(H,23,26)(H,24,27). The molecule has 148 valence electrons. The Morgan fingerprint density at radius 2 is 1.86 bits per heavy atom. The van der Waals surface area contributed by atoms with Crippen molar-refractivity contribution >= 4 is 17.5 Å². The number of likely N-dealkylation sites (tertiary alicyclic amines) is 1. The number of benzene rings is 2. The van der Waals surface area contributed by atoms with Crippen molar-refractivity contribution in [2.45, 2.75) is 32.4 Å². The van der Waals surface area contributed by atoms with Crippen LogP contribution >= 0.6 is 0 Å². The summed E-state index contributed by atoms with van der Waals surface area (Å²) < 4.78 is 5.43. The topological polar surface area (TPSA) is 70.7 Å². The second-order valence-electron chi connectivity index (χ2n) is 6.87. The number of amides is 2. The van der Waals surface area contributed by atoms with Crippen molar-refractivity contribution < 1.29 is 14.3 Å². The van der Waals surface area contributed by atoms with Crippen molar-refractivity contribution in [1.29, 1.82) is 0 Å². The summed E-state index contributed by atoms with van der Waals surface area (Å²) in [5.74, 6) is 0.458. The molecular weight excluding hydrogens is 354 g/mol. The summed E-state index contributed by atoms with van der Waals surface area (Å²) in [6.07, 6.45) is 1.89. The smallest absolute Gasteiger partial charge is 0.257 e. The summed E-state index contributed by atoms with van der Waals surface area (Å²) in [6, 6.07) is 17.2. The van der Waals surface area contributed by atoms with Gasteiger partial charge in [0.15, 0.2) is 6.61 Å². The average Bonchev–Trinajstić information content (AvgIpc) is 3.17. The highest BCUT2D eigenvalue weighted by atomic mass is 16.5. The van der Waals surface area contributed by atoms with Crippen molar-refractivity contribution in [3.63, 3.8) is 0 Å². The van der Waals surface area contributed by atoms with Crippen molar-refractivity contribution in [3.05, 3.63) is 60.2 Å². The summed E-state index contributed by atoms with van der Waals surface area (Å²) in [5, 5.41) is 5.68. The van der Waals surface area contributed by atoms with Crippen LogP contribution in [0.3, 0.4) is 0 Å². The Balaban J connectivity index is 1.52. The second-order valence-corrected chi connectivity index (χ2v) is 6.87. The predicted molar refractivity (Wildman–Crippen MR) is 109 cm³/mol. The molecule has 3 rings (SSSR count). The van der Waals surface area contributed by atoms with E-state index in [2.05, 4.69) is 27.7 Å². The minimum atomic E-state index is -0.153. The number of nitrogens with zero attached hydrogens (tertiary/aromatic N) is 1. The molecule has 2 amide bonds. The van der Waals surface area contributed by atoms with E-state index >= 15 is 0 Å². The summed E-state index contributed by atoms with van der Waals surface area (Å²) in [7, 11) is 0. The first-order chi connectivity index (χ1) is 13.7. The molecule has 1 unspecified atom stereocenters. The molecule has 1 heterocycles. The molecule has 0 radical (unpaired) electrons. The molecule has 0 aliphatic carbocycles. The van der Waals surface area contributed by atoms with Gasteiger partial charge < -0.3 is 15.4 Å². The molecule has 6 nitrogen and oxygen atoms in total. The number of rotatable bonds is 8. The quantitative estimate of drug-likeness (QED) is 0.738. The fourth-order valence-electron chi connectivity index (χ4n) is 3.39. The van der Waals surface area contributed by atoms with Crippen LogP contribution in [0.1, 0.15) is 25.3 Å². The maximum Gasteiger partial charge on any atom is 0.257 e. The van der Waals surface area contributed by atoms with E-state index in [1.807, 2.05) is 25.1 Å². The van der Waals surface area contributed by atoms with Crippen LogP contribution in [0.5, 0.6) is 5.75 Å². The summed E-state index contributed by atoms with van der Waals surface area (Å²) in [4.78, 5) is 26.4. The van der Waals surface area contributed by atoms with Crippen LogP contribution in [0.15, 0.2) is 54.6 Å². The minimum absolute atomic E-state index is 0.0178. The fourth-order valence-corrected chi connectivity index (χ4v) is 3.39. The third-order valence-corrected chi connectivity index (χ3v) is 4.76. The van der Waals surface area contributed by atoms with E-state index in [0.29, 0.717) is 12.3 Å². The van der Waals surface area contributed by atoms with E-state index in [0.717, 1.165) is 31.6 Å². The van der Waals surface area contributed by atoms with Crippen LogP contribution in [0, 0.1) is 0 Å². The van der Waals surface area contributed by atoms with E-state index < -0.39 is 0 Å². The molecule has 28 heavy (non-hydrogen) atoms. The van der Waals surface area contributed by atoms with Crippen LogP contribution in [0.25, 0.3) is 0 Å². The zero-order valence-corrected chi connectivity index (χ0v) is 16.2. The van der Waals surface area contributed by atoms with E-state index in [4.69, 9.17) is 4.74 Å². The SMILES string of the molecule is CCNC(=O)COc1ccc(NC(=O)C2CCCN2Cc2ccccc2)cc1. The van der Waals surface area contributed by atoms with Crippen molar-refractivity contribution in [3.8, 4) is 5.75 Å². The molecule has 2 aromatic rings. The van der Waals surface area contributed by atoms with Gasteiger partial charge in [0.1, 0.15) is 5.75 Å². The molecule has 0 bridgehead atoms. The highest BCUT2D eigenvalue weighted by molar-refractivity contribution is 5.95. The van der Waals surface area contributed by atoms with Gasteiger partial charge in [-0.05, 0) is 56.1 Å². The van der Waals surface area contributed by atoms with E-state index in [-0.39, 0.29) is 24.5 Å². The average molecular weight is 381 g/mol. The summed E-state index contributed by atoms with van der Waals surface area (Å²) in [5.41, 5.74) is 1.94. The lowest BCUT2D eigenvalue weighted by Gasteiger charge is -2.23. The van der Waals surface area contributed by atoms with E-state index in [1.54, 1.807) is 24.3 Å². The van der Waals surface area contributed by atoms with E-state index in [9.17, 15) is 9.59 Å². The third-order valence-electron chi connectivity index (χ3n) is 4.76. The molecule has 1 fully saturated rings. The first-order valence-electron chi connectivity index (χ1n) is 9.74. The second kappa shape index (κ2) is 9.90. The lowest BCUT2D eigenvalue weighted by atomic mass is 10.1. The van der Waals surface area contributed by atoms with Crippen LogP contribution in [-0.2, 0) is 16.1 Å². The summed E-state index contributed by atoms with van der Waals surface area (Å²) >= 11 is 0. The first-order valence-corrected chi connectivity index (χ1v) is 9.74. The van der Waals surface area contributed by atoms with Crippen molar-refractivity contribution in [2.24, 2.45) is 0 Å². The van der Waals surface area contributed by atoms with Crippen LogP contribution in [-0.4, -0.2) is 42.5 Å². The van der Waals surface area contributed by atoms with Gasteiger partial charge in [-0.25, -0.2) is 0 Å². The highest BCUT2D eigenvalue weighted by Gasteiger charge is 2.30. The monoisotopic (exact) mass is 381 g/mol. The zero-order valence-electron chi connectivity index (χ0n) is 16.2. The summed E-state index contributed by atoms with van der Waals surface area (Å²) in [6.45, 7) is 4.14. The van der Waals surface area contributed by atoms with Gasteiger partial charge in [0.25, 0.3) is 5.91 Å². The van der Waals surface area contributed by atoms with Gasteiger partial charge in [-0.15, -0.1) is 0 Å². The molecule has 1 aliphatic rings. The van der Waals surface area contributed by atoms with Crippen molar-refractivity contribution in [1.82, 2.24) is 10.2 Å². The lowest BCUT2D eigenvalue weighted by molar-refractivity contribution is -0.123. The van der Waals surface area contributed by atoms with Crippen LogP contribution in [0.4, 0.5) is 5.69 Å². The number of nitrogens with one attached hydrogen (secondary N) is 2. The molecule has 0 spiro atoms. The van der Waals surface area contributed by atoms with E-state index in [1.165, 1.54) is 5.56 Å². The van der Waals surface area contributed by atoms with Gasteiger partial charge in [-0.3, -0.25) is 14.5 Å². The Bertz CT molecular complexity index is 777. The zero-order chi connectivity index (χ0) is 19.8. The lowest BCUT2D eigenvalue weighted by Crippen LogP contribution is -2.39. The minimum Gasteiger partial charge on any atom is -0.484 e. The third kappa shape index (κ3) is 5.57. The Kier molecular flexibility index (Phi) is 7.03. The number of hydrogen-bond acceptors (Lipinski definition) is 4. The number of anilines is 1. The Morgan fingerprint density at radius 3 is 2.57 bits per heavy atom. The van der Waals surface area contributed by atoms with Gasteiger partial charge >= 0.3 is 0 Å². The highest BCUT2D eigenvalue weighted by Crippen LogP contribution is 2.22. The molecule has 2 aromatic carbocycles. The number of hydrogen-bond donors (Lipinski definition) is 2. The Hall–Kier alpha value is -2.86. The Labute approximate surface area is 165 Å². The van der Waals surface area contributed by atoms with Gasteiger partial charge in [-0.1, -0.05) is 30.3 Å². The van der Waals surface area contributed by atoms with Crippen LogP contribution in [0.2, 0.25) is 0 Å². The molecule has 0 aromatic heterocycles. The fraction of sp³-hybridized carbons (Fsp3) is 0.364. The molecule has 1 aliphatic heterocycles. The molecule has 1 atom stereocenters. The van der Waals surface area contributed by atoms with Crippen molar-refractivity contribution in [2.75, 3.05) is 25.0 Å². The Morgan fingerprint density at radius 1 is 1.11 bits per heavy atom. The molecular formula is C22H27N3O3. The first kappa shape index (κ1) is 19.9. The molecule has 1 saturated heterocycles.